The fourth-order valence-corrected chi connectivity index (χ4v) is 2.18. The van der Waals surface area contributed by atoms with E-state index < -0.39 is 0 Å². The van der Waals surface area contributed by atoms with Gasteiger partial charge < -0.3 is 4.57 Å². The van der Waals surface area contributed by atoms with Crippen LogP contribution >= 0.6 is 0 Å². The van der Waals surface area contributed by atoms with E-state index in [0.29, 0.717) is 12.6 Å². The fourth-order valence-electron chi connectivity index (χ4n) is 2.18. The van der Waals surface area contributed by atoms with Gasteiger partial charge in [-0.15, -0.1) is 0 Å². The molecule has 2 rings (SSSR count). The molecule has 0 aliphatic heterocycles. The summed E-state index contributed by atoms with van der Waals surface area (Å²) in [6.45, 7) is 3.90. The molecular weight excluding hydrogens is 202 g/mol. The highest BCUT2D eigenvalue weighted by Gasteiger charge is 2.15. The van der Waals surface area contributed by atoms with Gasteiger partial charge in [-0.2, -0.15) is 5.48 Å². The quantitative estimate of drug-likeness (QED) is 0.752. The number of imidazole rings is 1. The number of nitrogens with one attached hydrogen (secondary N) is 1. The molecule has 0 amide bonds. The van der Waals surface area contributed by atoms with Gasteiger partial charge in [-0.1, -0.05) is 19.8 Å². The van der Waals surface area contributed by atoms with E-state index >= 15 is 0 Å². The van der Waals surface area contributed by atoms with Crippen LogP contribution in [0.15, 0.2) is 12.4 Å². The Kier molecular flexibility index (Phi) is 4.36. The average molecular weight is 223 g/mol. The summed E-state index contributed by atoms with van der Waals surface area (Å²) < 4.78 is 2.17. The minimum Gasteiger partial charge on any atom is -0.334 e. The van der Waals surface area contributed by atoms with E-state index in [9.17, 15) is 0 Å². The van der Waals surface area contributed by atoms with Crippen molar-refractivity contribution in [1.82, 2.24) is 15.0 Å². The SMILES string of the molecule is CCCn1ccnc1CNOC1CCCC1. The van der Waals surface area contributed by atoms with Gasteiger partial charge in [0.2, 0.25) is 0 Å². The molecule has 4 heteroatoms. The monoisotopic (exact) mass is 223 g/mol. The first-order chi connectivity index (χ1) is 7.90. The van der Waals surface area contributed by atoms with E-state index in [-0.39, 0.29) is 0 Å². The lowest BCUT2D eigenvalue weighted by Crippen LogP contribution is -2.23. The molecule has 4 nitrogen and oxygen atoms in total. The van der Waals surface area contributed by atoms with Crippen LogP contribution in [0.25, 0.3) is 0 Å². The Balaban J connectivity index is 1.73. The second-order valence-electron chi connectivity index (χ2n) is 4.38. The molecule has 90 valence electrons. The lowest BCUT2D eigenvalue weighted by atomic mass is 10.3. The van der Waals surface area contributed by atoms with Gasteiger partial charge in [-0.05, 0) is 19.3 Å². The van der Waals surface area contributed by atoms with Gasteiger partial charge in [0.1, 0.15) is 5.82 Å². The maximum absolute atomic E-state index is 5.61. The maximum Gasteiger partial charge on any atom is 0.125 e. The molecule has 1 fully saturated rings. The van der Waals surface area contributed by atoms with E-state index in [1.165, 1.54) is 25.7 Å². The molecule has 16 heavy (non-hydrogen) atoms. The zero-order chi connectivity index (χ0) is 11.2. The van der Waals surface area contributed by atoms with Crippen LogP contribution in [0.1, 0.15) is 44.9 Å². The zero-order valence-corrected chi connectivity index (χ0v) is 9.98. The number of hydrogen-bond donors (Lipinski definition) is 1. The van der Waals surface area contributed by atoms with Crippen LogP contribution < -0.4 is 5.48 Å². The fraction of sp³-hybridized carbons (Fsp3) is 0.750. The van der Waals surface area contributed by atoms with E-state index in [1.807, 2.05) is 12.4 Å². The molecule has 1 N–H and O–H groups in total. The normalized spacial score (nSPS) is 17.1. The van der Waals surface area contributed by atoms with Crippen molar-refractivity contribution >= 4 is 0 Å². The third-order valence-corrected chi connectivity index (χ3v) is 3.05. The third-order valence-electron chi connectivity index (χ3n) is 3.05. The molecule has 0 unspecified atom stereocenters. The lowest BCUT2D eigenvalue weighted by Gasteiger charge is -2.12. The van der Waals surface area contributed by atoms with Gasteiger partial charge in [0.25, 0.3) is 0 Å². The Morgan fingerprint density at radius 3 is 3.06 bits per heavy atom. The van der Waals surface area contributed by atoms with E-state index in [0.717, 1.165) is 18.8 Å². The molecule has 1 aromatic rings. The summed E-state index contributed by atoms with van der Waals surface area (Å²) in [4.78, 5) is 9.93. The van der Waals surface area contributed by atoms with Crippen molar-refractivity contribution in [1.29, 1.82) is 0 Å². The number of rotatable bonds is 6. The number of hydrogen-bond acceptors (Lipinski definition) is 3. The number of aryl methyl sites for hydroxylation is 1. The topological polar surface area (TPSA) is 39.1 Å². The molecule has 0 saturated heterocycles. The van der Waals surface area contributed by atoms with Crippen LogP contribution in [0.3, 0.4) is 0 Å². The summed E-state index contributed by atoms with van der Waals surface area (Å²) in [6.07, 6.45) is 10.4. The number of hydroxylamine groups is 1. The van der Waals surface area contributed by atoms with Crippen molar-refractivity contribution in [3.8, 4) is 0 Å². The summed E-state index contributed by atoms with van der Waals surface area (Å²) in [5.41, 5.74) is 3.05. The van der Waals surface area contributed by atoms with Crippen LogP contribution in [0.2, 0.25) is 0 Å². The lowest BCUT2D eigenvalue weighted by molar-refractivity contribution is -0.0258. The van der Waals surface area contributed by atoms with Crippen molar-refractivity contribution in [3.63, 3.8) is 0 Å². The first-order valence-electron chi connectivity index (χ1n) is 6.28. The van der Waals surface area contributed by atoms with Crippen LogP contribution in [0, 0.1) is 0 Å². The molecule has 0 bridgehead atoms. The van der Waals surface area contributed by atoms with E-state index in [4.69, 9.17) is 4.84 Å². The van der Waals surface area contributed by atoms with Crippen molar-refractivity contribution in [3.05, 3.63) is 18.2 Å². The van der Waals surface area contributed by atoms with Crippen LogP contribution in [-0.4, -0.2) is 15.7 Å². The Bertz CT molecular complexity index is 305. The Morgan fingerprint density at radius 1 is 1.50 bits per heavy atom. The second-order valence-corrected chi connectivity index (χ2v) is 4.38. The summed E-state index contributed by atoms with van der Waals surface area (Å²) in [7, 11) is 0. The molecule has 1 saturated carbocycles. The highest BCUT2D eigenvalue weighted by Crippen LogP contribution is 2.19. The molecule has 1 aromatic heterocycles. The maximum atomic E-state index is 5.61. The molecule has 0 atom stereocenters. The van der Waals surface area contributed by atoms with Gasteiger partial charge >= 0.3 is 0 Å². The number of nitrogens with zero attached hydrogens (tertiary/aromatic N) is 2. The smallest absolute Gasteiger partial charge is 0.125 e. The molecule has 0 aromatic carbocycles. The van der Waals surface area contributed by atoms with Crippen LogP contribution in [0.4, 0.5) is 0 Å². The predicted molar refractivity (Wildman–Crippen MR) is 62.7 cm³/mol. The molecule has 1 aliphatic rings. The molecule has 1 aliphatic carbocycles. The largest absolute Gasteiger partial charge is 0.334 e. The molecular formula is C12H21N3O. The van der Waals surface area contributed by atoms with Gasteiger partial charge in [-0.25, -0.2) is 4.98 Å². The van der Waals surface area contributed by atoms with Gasteiger partial charge in [0.15, 0.2) is 0 Å². The van der Waals surface area contributed by atoms with Gasteiger partial charge in [0, 0.05) is 18.9 Å². The minimum absolute atomic E-state index is 0.412. The van der Waals surface area contributed by atoms with Gasteiger partial charge in [-0.3, -0.25) is 4.84 Å². The zero-order valence-electron chi connectivity index (χ0n) is 9.98. The van der Waals surface area contributed by atoms with E-state index in [2.05, 4.69) is 22.0 Å². The van der Waals surface area contributed by atoms with Crippen LogP contribution in [0.5, 0.6) is 0 Å². The second kappa shape index (κ2) is 6.01. The Morgan fingerprint density at radius 2 is 2.31 bits per heavy atom. The summed E-state index contributed by atoms with van der Waals surface area (Å²) in [5.74, 6) is 1.06. The summed E-state index contributed by atoms with van der Waals surface area (Å²) >= 11 is 0. The first-order valence-corrected chi connectivity index (χ1v) is 6.28. The Labute approximate surface area is 97.0 Å². The van der Waals surface area contributed by atoms with Crippen molar-refractivity contribution in [2.24, 2.45) is 0 Å². The Hall–Kier alpha value is -0.870. The summed E-state index contributed by atoms with van der Waals surface area (Å²) in [5, 5.41) is 0. The molecule has 0 spiro atoms. The van der Waals surface area contributed by atoms with E-state index in [1.54, 1.807) is 0 Å². The number of aromatic nitrogens is 2. The first kappa shape index (κ1) is 11.6. The van der Waals surface area contributed by atoms with Crippen molar-refractivity contribution in [2.45, 2.75) is 58.2 Å². The highest BCUT2D eigenvalue weighted by atomic mass is 16.7. The summed E-state index contributed by atoms with van der Waals surface area (Å²) in [6, 6.07) is 0. The standard InChI is InChI=1S/C12H21N3O/c1-2-8-15-9-7-13-12(15)10-14-16-11-5-3-4-6-11/h7,9,11,14H,2-6,8,10H2,1H3. The minimum atomic E-state index is 0.412. The molecule has 1 heterocycles. The van der Waals surface area contributed by atoms with Crippen LogP contribution in [-0.2, 0) is 17.9 Å². The molecule has 0 radical (unpaired) electrons. The predicted octanol–water partition coefficient (Wildman–Crippen LogP) is 2.26. The van der Waals surface area contributed by atoms with Crippen molar-refractivity contribution < 1.29 is 4.84 Å². The third kappa shape index (κ3) is 3.06. The average Bonchev–Trinajstić information content (AvgIpc) is 2.91. The highest BCUT2D eigenvalue weighted by molar-refractivity contribution is 4.91. The van der Waals surface area contributed by atoms with Gasteiger partial charge in [0.05, 0.1) is 12.6 Å². The van der Waals surface area contributed by atoms with Crippen molar-refractivity contribution in [2.75, 3.05) is 0 Å².